The lowest BCUT2D eigenvalue weighted by molar-refractivity contribution is 0.0951. The van der Waals surface area contributed by atoms with Gasteiger partial charge >= 0.3 is 0 Å². The van der Waals surface area contributed by atoms with Crippen molar-refractivity contribution in [2.24, 2.45) is 0 Å². The fourth-order valence-electron chi connectivity index (χ4n) is 3.70. The number of aryl methyl sites for hydroxylation is 1. The van der Waals surface area contributed by atoms with Gasteiger partial charge in [0.1, 0.15) is 5.75 Å². The number of amides is 1. The van der Waals surface area contributed by atoms with Crippen molar-refractivity contribution in [1.29, 1.82) is 0 Å². The maximum absolute atomic E-state index is 13.0. The van der Waals surface area contributed by atoms with Crippen molar-refractivity contribution in [2.45, 2.75) is 32.6 Å². The molecule has 7 nitrogen and oxygen atoms in total. The van der Waals surface area contributed by atoms with E-state index in [0.29, 0.717) is 30.0 Å². The standard InChI is InChI=1S/C25H29N5O2/c1-2-5-22-24(32-19-7-8-21-23(16-19)28-13-4-12-27-21)20(10-15-29-22)25(31)30-14-9-18-6-3-11-26-17-18/h3,6-8,10-11,15-17,27-28H,2,4-5,9,12-14H2,1H3,(H,30,31). The van der Waals surface area contributed by atoms with Crippen LogP contribution in [-0.2, 0) is 12.8 Å². The maximum Gasteiger partial charge on any atom is 0.255 e. The monoisotopic (exact) mass is 431 g/mol. The van der Waals surface area contributed by atoms with Gasteiger partial charge in [0.25, 0.3) is 5.91 Å². The van der Waals surface area contributed by atoms with Gasteiger partial charge in [-0.15, -0.1) is 0 Å². The first-order chi connectivity index (χ1) is 15.7. The third-order valence-corrected chi connectivity index (χ3v) is 5.33. The number of pyridine rings is 2. The van der Waals surface area contributed by atoms with Crippen molar-refractivity contribution in [3.63, 3.8) is 0 Å². The number of anilines is 2. The molecule has 3 heterocycles. The number of benzene rings is 1. The second-order valence-corrected chi connectivity index (χ2v) is 7.77. The molecule has 4 rings (SSSR count). The zero-order valence-corrected chi connectivity index (χ0v) is 18.4. The molecule has 166 valence electrons. The fourth-order valence-corrected chi connectivity index (χ4v) is 3.70. The van der Waals surface area contributed by atoms with Gasteiger partial charge < -0.3 is 20.7 Å². The Labute approximate surface area is 188 Å². The van der Waals surface area contributed by atoms with E-state index in [1.165, 1.54) is 0 Å². The second-order valence-electron chi connectivity index (χ2n) is 7.77. The van der Waals surface area contributed by atoms with E-state index in [1.54, 1.807) is 18.5 Å². The third kappa shape index (κ3) is 5.35. The van der Waals surface area contributed by atoms with Gasteiger partial charge in [-0.05, 0) is 49.1 Å². The van der Waals surface area contributed by atoms with Crippen LogP contribution in [0.3, 0.4) is 0 Å². The van der Waals surface area contributed by atoms with Gasteiger partial charge in [0.05, 0.1) is 22.6 Å². The largest absolute Gasteiger partial charge is 0.455 e. The molecular weight excluding hydrogens is 402 g/mol. The van der Waals surface area contributed by atoms with Crippen molar-refractivity contribution in [2.75, 3.05) is 30.3 Å². The number of fused-ring (bicyclic) bond motifs is 1. The molecule has 2 aromatic heterocycles. The first-order valence-corrected chi connectivity index (χ1v) is 11.2. The van der Waals surface area contributed by atoms with Crippen molar-refractivity contribution >= 4 is 17.3 Å². The summed E-state index contributed by atoms with van der Waals surface area (Å²) in [5, 5.41) is 9.85. The normalized spacial score (nSPS) is 12.7. The molecule has 1 aliphatic heterocycles. The smallest absolute Gasteiger partial charge is 0.255 e. The number of hydrogen-bond acceptors (Lipinski definition) is 6. The summed E-state index contributed by atoms with van der Waals surface area (Å²) >= 11 is 0. The van der Waals surface area contributed by atoms with Crippen LogP contribution < -0.4 is 20.7 Å². The Bertz CT molecular complexity index is 1060. The van der Waals surface area contributed by atoms with E-state index in [2.05, 4.69) is 32.8 Å². The molecule has 7 heteroatoms. The zero-order chi connectivity index (χ0) is 22.2. The number of carbonyl (C=O) groups is 1. The van der Waals surface area contributed by atoms with E-state index in [4.69, 9.17) is 4.74 Å². The molecule has 0 atom stereocenters. The van der Waals surface area contributed by atoms with Crippen LogP contribution in [0.4, 0.5) is 11.4 Å². The molecule has 0 aliphatic carbocycles. The van der Waals surface area contributed by atoms with Crippen LogP contribution in [0.5, 0.6) is 11.5 Å². The summed E-state index contributed by atoms with van der Waals surface area (Å²) in [6.07, 6.45) is 8.64. The van der Waals surface area contributed by atoms with Crippen molar-refractivity contribution in [1.82, 2.24) is 15.3 Å². The first kappa shape index (κ1) is 21.6. The Hall–Kier alpha value is -3.61. The van der Waals surface area contributed by atoms with Gasteiger partial charge in [-0.2, -0.15) is 0 Å². The Morgan fingerprint density at radius 2 is 1.97 bits per heavy atom. The SMILES string of the molecule is CCCc1nccc(C(=O)NCCc2cccnc2)c1Oc1ccc2c(c1)NCCCN2. The minimum atomic E-state index is -0.168. The number of nitrogens with one attached hydrogen (secondary N) is 3. The number of rotatable bonds is 8. The number of carbonyl (C=O) groups excluding carboxylic acids is 1. The Morgan fingerprint density at radius 1 is 1.09 bits per heavy atom. The maximum atomic E-state index is 13.0. The van der Waals surface area contributed by atoms with Crippen LogP contribution in [-0.4, -0.2) is 35.5 Å². The summed E-state index contributed by atoms with van der Waals surface area (Å²) in [4.78, 5) is 21.6. The van der Waals surface area contributed by atoms with Gasteiger partial charge in [-0.3, -0.25) is 14.8 Å². The van der Waals surface area contributed by atoms with E-state index in [9.17, 15) is 4.79 Å². The average Bonchev–Trinajstić information content (AvgIpc) is 3.06. The number of nitrogens with zero attached hydrogens (tertiary/aromatic N) is 2. The van der Waals surface area contributed by atoms with Crippen molar-refractivity contribution in [3.8, 4) is 11.5 Å². The van der Waals surface area contributed by atoms with Gasteiger partial charge in [-0.25, -0.2) is 0 Å². The molecule has 3 aromatic rings. The van der Waals surface area contributed by atoms with Crippen LogP contribution in [0.1, 0.15) is 41.4 Å². The number of ether oxygens (including phenoxy) is 1. The predicted molar refractivity (Wildman–Crippen MR) is 127 cm³/mol. The molecule has 0 radical (unpaired) electrons. The molecule has 32 heavy (non-hydrogen) atoms. The number of aromatic nitrogens is 2. The highest BCUT2D eigenvalue weighted by Crippen LogP contribution is 2.34. The highest BCUT2D eigenvalue weighted by atomic mass is 16.5. The average molecular weight is 432 g/mol. The highest BCUT2D eigenvalue weighted by molar-refractivity contribution is 5.97. The summed E-state index contributed by atoms with van der Waals surface area (Å²) in [6.45, 7) is 4.45. The van der Waals surface area contributed by atoms with Gasteiger partial charge in [0.2, 0.25) is 0 Å². The third-order valence-electron chi connectivity index (χ3n) is 5.33. The van der Waals surface area contributed by atoms with Gasteiger partial charge in [0.15, 0.2) is 5.75 Å². The molecule has 1 amide bonds. The van der Waals surface area contributed by atoms with Crippen molar-refractivity contribution in [3.05, 3.63) is 71.8 Å². The number of hydrogen-bond donors (Lipinski definition) is 3. The summed E-state index contributed by atoms with van der Waals surface area (Å²) < 4.78 is 6.28. The first-order valence-electron chi connectivity index (χ1n) is 11.2. The van der Waals surface area contributed by atoms with E-state index < -0.39 is 0 Å². The van der Waals surface area contributed by atoms with Crippen LogP contribution in [0.25, 0.3) is 0 Å². The van der Waals surface area contributed by atoms with Crippen LogP contribution in [0, 0.1) is 0 Å². The minimum absolute atomic E-state index is 0.168. The summed E-state index contributed by atoms with van der Waals surface area (Å²) in [6, 6.07) is 11.5. The summed E-state index contributed by atoms with van der Waals surface area (Å²) in [5.74, 6) is 1.03. The Balaban J connectivity index is 1.54. The molecule has 1 aromatic carbocycles. The summed E-state index contributed by atoms with van der Waals surface area (Å²) in [5.41, 5.74) is 4.42. The Morgan fingerprint density at radius 3 is 2.78 bits per heavy atom. The van der Waals surface area contributed by atoms with Crippen LogP contribution >= 0.6 is 0 Å². The van der Waals surface area contributed by atoms with E-state index in [1.807, 2.05) is 36.5 Å². The molecular formula is C25H29N5O2. The van der Waals surface area contributed by atoms with Gasteiger partial charge in [0, 0.05) is 44.3 Å². The van der Waals surface area contributed by atoms with Crippen LogP contribution in [0.2, 0.25) is 0 Å². The molecule has 1 aliphatic rings. The molecule has 0 saturated carbocycles. The molecule has 3 N–H and O–H groups in total. The zero-order valence-electron chi connectivity index (χ0n) is 18.4. The quantitative estimate of drug-likeness (QED) is 0.489. The van der Waals surface area contributed by atoms with E-state index >= 15 is 0 Å². The summed E-state index contributed by atoms with van der Waals surface area (Å²) in [7, 11) is 0. The van der Waals surface area contributed by atoms with E-state index in [-0.39, 0.29) is 5.91 Å². The lowest BCUT2D eigenvalue weighted by atomic mass is 10.1. The fraction of sp³-hybridized carbons (Fsp3) is 0.320. The molecule has 0 saturated heterocycles. The van der Waals surface area contributed by atoms with E-state index in [0.717, 1.165) is 55.0 Å². The van der Waals surface area contributed by atoms with Gasteiger partial charge in [-0.1, -0.05) is 19.4 Å². The Kier molecular flexibility index (Phi) is 7.17. The predicted octanol–water partition coefficient (Wildman–Crippen LogP) is 4.42. The highest BCUT2D eigenvalue weighted by Gasteiger charge is 2.19. The molecule has 0 unspecified atom stereocenters. The topological polar surface area (TPSA) is 88.2 Å². The molecule has 0 spiro atoms. The lowest BCUT2D eigenvalue weighted by Gasteiger charge is -2.16. The van der Waals surface area contributed by atoms with Crippen LogP contribution in [0.15, 0.2) is 55.0 Å². The second kappa shape index (κ2) is 10.6. The molecule has 0 bridgehead atoms. The minimum Gasteiger partial charge on any atom is -0.455 e. The van der Waals surface area contributed by atoms with Crippen molar-refractivity contribution < 1.29 is 9.53 Å². The molecule has 0 fully saturated rings. The lowest BCUT2D eigenvalue weighted by Crippen LogP contribution is -2.26.